The van der Waals surface area contributed by atoms with Crippen molar-refractivity contribution in [3.63, 3.8) is 0 Å². The number of methoxy groups -OCH3 is 1. The number of ether oxygens (including phenoxy) is 4. The Kier molecular flexibility index (Phi) is 7.58. The van der Waals surface area contributed by atoms with E-state index in [1.807, 2.05) is 36.4 Å². The molecule has 0 aliphatic carbocycles. The van der Waals surface area contributed by atoms with Gasteiger partial charge in [0.1, 0.15) is 6.10 Å². The SMILES string of the molecule is C=CCCCO[C@@H]1C[C@H](O)[C@](COCc2ccccc2)(C(=O)OC)O1. The number of allylic oxidation sites excluding steroid dienone is 1. The molecule has 0 radical (unpaired) electrons. The lowest BCUT2D eigenvalue weighted by Gasteiger charge is -2.28. The van der Waals surface area contributed by atoms with Gasteiger partial charge in [-0.05, 0) is 18.4 Å². The molecule has 0 aromatic heterocycles. The number of carbonyl (C=O) groups excluding carboxylic acids is 1. The Balaban J connectivity index is 1.94. The van der Waals surface area contributed by atoms with Crippen LogP contribution in [0.1, 0.15) is 24.8 Å². The average molecular weight is 350 g/mol. The first-order chi connectivity index (χ1) is 12.1. The van der Waals surface area contributed by atoms with Gasteiger partial charge in [0.15, 0.2) is 6.29 Å². The fourth-order valence-electron chi connectivity index (χ4n) is 2.72. The minimum Gasteiger partial charge on any atom is -0.467 e. The molecule has 1 aliphatic rings. The number of benzene rings is 1. The highest BCUT2D eigenvalue weighted by Gasteiger charge is 2.55. The fourth-order valence-corrected chi connectivity index (χ4v) is 2.72. The van der Waals surface area contributed by atoms with Crippen molar-refractivity contribution in [1.29, 1.82) is 0 Å². The van der Waals surface area contributed by atoms with Gasteiger partial charge in [-0.25, -0.2) is 4.79 Å². The molecule has 1 saturated heterocycles. The first-order valence-corrected chi connectivity index (χ1v) is 8.41. The molecule has 1 aromatic rings. The van der Waals surface area contributed by atoms with E-state index in [1.165, 1.54) is 7.11 Å². The fraction of sp³-hybridized carbons (Fsp3) is 0.526. The van der Waals surface area contributed by atoms with E-state index < -0.39 is 24.0 Å². The Hall–Kier alpha value is -1.73. The average Bonchev–Trinajstić information content (AvgIpc) is 2.95. The van der Waals surface area contributed by atoms with Gasteiger partial charge < -0.3 is 24.1 Å². The topological polar surface area (TPSA) is 74.2 Å². The molecule has 0 unspecified atom stereocenters. The summed E-state index contributed by atoms with van der Waals surface area (Å²) in [7, 11) is 1.26. The Labute approximate surface area is 148 Å². The van der Waals surface area contributed by atoms with Gasteiger partial charge in [-0.1, -0.05) is 36.4 Å². The molecule has 0 amide bonds. The van der Waals surface area contributed by atoms with Crippen LogP contribution in [0.15, 0.2) is 43.0 Å². The predicted octanol–water partition coefficient (Wildman–Crippen LogP) is 2.21. The molecule has 1 aromatic carbocycles. The van der Waals surface area contributed by atoms with Crippen LogP contribution in [-0.4, -0.2) is 49.4 Å². The van der Waals surface area contributed by atoms with Crippen LogP contribution in [-0.2, 0) is 30.3 Å². The monoisotopic (exact) mass is 350 g/mol. The number of hydrogen-bond donors (Lipinski definition) is 1. The molecule has 6 nitrogen and oxygen atoms in total. The predicted molar refractivity (Wildman–Crippen MR) is 91.7 cm³/mol. The summed E-state index contributed by atoms with van der Waals surface area (Å²) in [6.45, 7) is 4.31. The van der Waals surface area contributed by atoms with Crippen LogP contribution in [0.25, 0.3) is 0 Å². The Morgan fingerprint density at radius 3 is 2.88 bits per heavy atom. The van der Waals surface area contributed by atoms with E-state index in [1.54, 1.807) is 0 Å². The minimum absolute atomic E-state index is 0.109. The van der Waals surface area contributed by atoms with Gasteiger partial charge in [0.2, 0.25) is 5.60 Å². The third kappa shape index (κ3) is 5.12. The second kappa shape index (κ2) is 9.68. The van der Waals surface area contributed by atoms with Crippen LogP contribution in [0.3, 0.4) is 0 Å². The van der Waals surface area contributed by atoms with E-state index in [0.29, 0.717) is 13.2 Å². The maximum Gasteiger partial charge on any atom is 0.343 e. The van der Waals surface area contributed by atoms with Crippen molar-refractivity contribution >= 4 is 5.97 Å². The molecule has 3 atom stereocenters. The number of esters is 1. The number of aliphatic hydroxyl groups is 1. The number of rotatable bonds is 10. The molecular formula is C19H26O6. The van der Waals surface area contributed by atoms with Crippen molar-refractivity contribution in [3.8, 4) is 0 Å². The Bertz CT molecular complexity index is 546. The summed E-state index contributed by atoms with van der Waals surface area (Å²) in [5, 5.41) is 10.4. The van der Waals surface area contributed by atoms with Crippen molar-refractivity contribution in [2.45, 2.75) is 43.9 Å². The largest absolute Gasteiger partial charge is 0.467 e. The molecule has 0 spiro atoms. The Morgan fingerprint density at radius 2 is 2.20 bits per heavy atom. The van der Waals surface area contributed by atoms with Gasteiger partial charge >= 0.3 is 5.97 Å². The molecule has 1 heterocycles. The van der Waals surface area contributed by atoms with Crippen molar-refractivity contribution in [1.82, 2.24) is 0 Å². The van der Waals surface area contributed by atoms with E-state index >= 15 is 0 Å². The zero-order valence-electron chi connectivity index (χ0n) is 14.6. The van der Waals surface area contributed by atoms with Crippen molar-refractivity contribution in [2.75, 3.05) is 20.3 Å². The summed E-state index contributed by atoms with van der Waals surface area (Å²) in [5.74, 6) is -0.662. The highest BCUT2D eigenvalue weighted by atomic mass is 16.7. The number of carbonyl (C=O) groups is 1. The molecular weight excluding hydrogens is 324 g/mol. The highest BCUT2D eigenvalue weighted by Crippen LogP contribution is 2.33. The van der Waals surface area contributed by atoms with Crippen LogP contribution in [0.4, 0.5) is 0 Å². The molecule has 0 saturated carbocycles. The molecule has 1 fully saturated rings. The van der Waals surface area contributed by atoms with Crippen LogP contribution in [0, 0.1) is 0 Å². The van der Waals surface area contributed by atoms with E-state index in [0.717, 1.165) is 18.4 Å². The summed E-state index contributed by atoms with van der Waals surface area (Å²) in [6.07, 6.45) is 1.91. The van der Waals surface area contributed by atoms with Crippen LogP contribution < -0.4 is 0 Å². The molecule has 1 N–H and O–H groups in total. The van der Waals surface area contributed by atoms with Crippen LogP contribution >= 0.6 is 0 Å². The maximum absolute atomic E-state index is 12.3. The van der Waals surface area contributed by atoms with Gasteiger partial charge in [-0.15, -0.1) is 6.58 Å². The number of unbranched alkanes of at least 4 members (excludes halogenated alkanes) is 1. The smallest absolute Gasteiger partial charge is 0.343 e. The van der Waals surface area contributed by atoms with Gasteiger partial charge in [-0.2, -0.15) is 0 Å². The van der Waals surface area contributed by atoms with Crippen molar-refractivity contribution < 1.29 is 28.8 Å². The van der Waals surface area contributed by atoms with Gasteiger partial charge in [0.05, 0.1) is 26.9 Å². The third-order valence-electron chi connectivity index (χ3n) is 4.11. The summed E-state index contributed by atoms with van der Waals surface area (Å²) in [6, 6.07) is 9.56. The normalized spacial score (nSPS) is 25.7. The van der Waals surface area contributed by atoms with Crippen molar-refractivity contribution in [2.24, 2.45) is 0 Å². The minimum atomic E-state index is -1.56. The van der Waals surface area contributed by atoms with E-state index in [9.17, 15) is 9.90 Å². The van der Waals surface area contributed by atoms with Crippen molar-refractivity contribution in [3.05, 3.63) is 48.6 Å². The lowest BCUT2D eigenvalue weighted by molar-refractivity contribution is -0.214. The second-order valence-electron chi connectivity index (χ2n) is 5.96. The molecule has 6 heteroatoms. The maximum atomic E-state index is 12.3. The zero-order chi connectivity index (χ0) is 18.1. The summed E-state index contributed by atoms with van der Waals surface area (Å²) in [5.41, 5.74) is -0.598. The van der Waals surface area contributed by atoms with Crippen LogP contribution in [0.2, 0.25) is 0 Å². The summed E-state index contributed by atoms with van der Waals surface area (Å²) in [4.78, 5) is 12.3. The van der Waals surface area contributed by atoms with Crippen LogP contribution in [0.5, 0.6) is 0 Å². The molecule has 0 bridgehead atoms. The summed E-state index contributed by atoms with van der Waals surface area (Å²) >= 11 is 0. The van der Waals surface area contributed by atoms with E-state index in [4.69, 9.17) is 18.9 Å². The zero-order valence-corrected chi connectivity index (χ0v) is 14.6. The number of hydrogen-bond acceptors (Lipinski definition) is 6. The van der Waals surface area contributed by atoms with E-state index in [2.05, 4.69) is 6.58 Å². The lowest BCUT2D eigenvalue weighted by Crippen LogP contribution is -2.52. The first kappa shape index (κ1) is 19.6. The highest BCUT2D eigenvalue weighted by molar-refractivity contribution is 5.81. The molecule has 138 valence electrons. The number of aliphatic hydroxyl groups excluding tert-OH is 1. The molecule has 1 aliphatic heterocycles. The summed E-state index contributed by atoms with van der Waals surface area (Å²) < 4.78 is 21.8. The molecule has 25 heavy (non-hydrogen) atoms. The third-order valence-corrected chi connectivity index (χ3v) is 4.11. The lowest BCUT2D eigenvalue weighted by atomic mass is 9.98. The second-order valence-corrected chi connectivity index (χ2v) is 5.96. The first-order valence-electron chi connectivity index (χ1n) is 8.41. The van der Waals surface area contributed by atoms with E-state index in [-0.39, 0.29) is 13.0 Å². The van der Waals surface area contributed by atoms with Gasteiger partial charge in [0.25, 0.3) is 0 Å². The van der Waals surface area contributed by atoms with Gasteiger partial charge in [-0.3, -0.25) is 0 Å². The van der Waals surface area contributed by atoms with Gasteiger partial charge in [0, 0.05) is 6.42 Å². The Morgan fingerprint density at radius 1 is 1.44 bits per heavy atom. The molecule has 2 rings (SSSR count). The quantitative estimate of drug-likeness (QED) is 0.396. The standard InChI is InChI=1S/C19H26O6/c1-3-4-8-11-24-17-12-16(20)19(25-17,18(21)22-2)14-23-13-15-9-6-5-7-10-15/h3,5-7,9-10,16-17,20H,1,4,8,11-14H2,2H3/t16-,17-,19+/m0/s1.